The Morgan fingerprint density at radius 3 is 2.39 bits per heavy atom. The van der Waals surface area contributed by atoms with Crippen LogP contribution in [0.3, 0.4) is 0 Å². The molecule has 0 aliphatic rings. The fraction of sp³-hybridized carbons (Fsp3) is 0.529. The molecule has 1 aromatic carbocycles. The predicted molar refractivity (Wildman–Crippen MR) is 118 cm³/mol. The molecule has 0 aliphatic heterocycles. The largest absolute Gasteiger partial charge is 0.484 e. The number of nitrogens with zero attached hydrogens (tertiary/aromatic N) is 2. The number of hydrogen-bond acceptors (Lipinski definition) is 4. The molecule has 1 aromatic rings. The number of carbonyl (C=O) groups excluding carboxylic acids is 1. The summed E-state index contributed by atoms with van der Waals surface area (Å²) in [7, 11) is 3.34. The molecule has 0 aliphatic carbocycles. The highest BCUT2D eigenvalue weighted by Crippen LogP contribution is 2.19. The van der Waals surface area contributed by atoms with Crippen LogP contribution < -0.4 is 15.4 Å². The monoisotopic (exact) mass is 534 g/mol. The number of carbonyl (C=O) groups is 1. The second-order valence-corrected chi connectivity index (χ2v) is 6.76. The number of hydrogen-bond donors (Lipinski definition) is 2. The van der Waals surface area contributed by atoms with E-state index in [9.17, 15) is 18.0 Å². The number of rotatable bonds is 9. The molecule has 28 heavy (non-hydrogen) atoms. The van der Waals surface area contributed by atoms with Crippen LogP contribution in [0.4, 0.5) is 13.2 Å². The minimum atomic E-state index is -4.37. The van der Waals surface area contributed by atoms with Gasteiger partial charge in [0.05, 0.1) is 13.1 Å². The van der Waals surface area contributed by atoms with E-state index in [1.165, 1.54) is 17.0 Å². The maximum atomic E-state index is 12.2. The first kappa shape index (κ1) is 26.6. The van der Waals surface area contributed by atoms with E-state index in [0.717, 1.165) is 11.3 Å². The highest BCUT2D eigenvalue weighted by molar-refractivity contribution is 14.0. The molecular weight excluding hydrogens is 508 g/mol. The van der Waals surface area contributed by atoms with Gasteiger partial charge in [0, 0.05) is 26.4 Å². The summed E-state index contributed by atoms with van der Waals surface area (Å²) in [5.41, 5.74) is 0.805. The lowest BCUT2D eigenvalue weighted by molar-refractivity contribution is -0.153. The molecule has 0 saturated carbocycles. The maximum absolute atomic E-state index is 12.2. The standard InChI is InChI=1S/C17H25F3N4O2S.HI/c1-24(2)15(25)11-23-16(21-8-9-27-3)22-10-13-4-6-14(7-5-13)26-12-17(18,19)20;/h4-7H,8-12H2,1-3H3,(H2,21,22,23);1H. The summed E-state index contributed by atoms with van der Waals surface area (Å²) in [6.45, 7) is -0.210. The van der Waals surface area contributed by atoms with Crippen molar-refractivity contribution in [1.29, 1.82) is 0 Å². The van der Waals surface area contributed by atoms with Crippen LogP contribution in [0.15, 0.2) is 29.3 Å². The molecule has 6 nitrogen and oxygen atoms in total. The number of likely N-dealkylation sites (N-methyl/N-ethyl adjacent to an activating group) is 1. The van der Waals surface area contributed by atoms with Gasteiger partial charge in [0.1, 0.15) is 5.75 Å². The van der Waals surface area contributed by atoms with Crippen LogP contribution in [0.5, 0.6) is 5.75 Å². The van der Waals surface area contributed by atoms with Crippen molar-refractivity contribution in [3.8, 4) is 5.75 Å². The quantitative estimate of drug-likeness (QED) is 0.221. The average molecular weight is 534 g/mol. The van der Waals surface area contributed by atoms with Crippen molar-refractivity contribution in [1.82, 2.24) is 15.5 Å². The number of ether oxygens (including phenoxy) is 1. The van der Waals surface area contributed by atoms with Crippen molar-refractivity contribution in [2.75, 3.05) is 45.8 Å². The number of benzene rings is 1. The lowest BCUT2D eigenvalue weighted by atomic mass is 10.2. The minimum Gasteiger partial charge on any atom is -0.484 e. The molecule has 0 heterocycles. The number of amides is 1. The third-order valence-electron chi connectivity index (χ3n) is 3.25. The molecule has 0 fully saturated rings. The molecule has 0 bridgehead atoms. The van der Waals surface area contributed by atoms with Crippen molar-refractivity contribution in [3.63, 3.8) is 0 Å². The van der Waals surface area contributed by atoms with Gasteiger partial charge in [-0.2, -0.15) is 24.9 Å². The Balaban J connectivity index is 0.00000729. The summed E-state index contributed by atoms with van der Waals surface area (Å²) in [5.74, 6) is 1.44. The number of guanidine groups is 1. The summed E-state index contributed by atoms with van der Waals surface area (Å²) in [5, 5.41) is 6.10. The third-order valence-corrected chi connectivity index (χ3v) is 3.86. The van der Waals surface area contributed by atoms with Crippen LogP contribution in [-0.2, 0) is 11.3 Å². The van der Waals surface area contributed by atoms with E-state index in [1.54, 1.807) is 38.0 Å². The molecule has 0 radical (unpaired) electrons. The van der Waals surface area contributed by atoms with Gasteiger partial charge >= 0.3 is 6.18 Å². The number of aliphatic imine (C=N–C) groups is 1. The van der Waals surface area contributed by atoms with Crippen LogP contribution in [0.25, 0.3) is 0 Å². The van der Waals surface area contributed by atoms with E-state index in [0.29, 0.717) is 19.0 Å². The van der Waals surface area contributed by atoms with E-state index in [1.807, 2.05) is 6.26 Å². The van der Waals surface area contributed by atoms with Crippen LogP contribution >= 0.6 is 35.7 Å². The van der Waals surface area contributed by atoms with Crippen LogP contribution in [0.1, 0.15) is 5.56 Å². The average Bonchev–Trinajstić information content (AvgIpc) is 2.61. The summed E-state index contributed by atoms with van der Waals surface area (Å²) >= 11 is 1.68. The highest BCUT2D eigenvalue weighted by Gasteiger charge is 2.28. The van der Waals surface area contributed by atoms with Crippen LogP contribution in [0, 0.1) is 0 Å². The van der Waals surface area contributed by atoms with Crippen molar-refractivity contribution in [2.45, 2.75) is 12.7 Å². The molecular formula is C17H26F3IN4O2S. The second-order valence-electron chi connectivity index (χ2n) is 5.77. The fourth-order valence-corrected chi connectivity index (χ4v) is 2.10. The van der Waals surface area contributed by atoms with Crippen LogP contribution in [0.2, 0.25) is 0 Å². The Labute approximate surface area is 184 Å². The Morgan fingerprint density at radius 2 is 1.86 bits per heavy atom. The van der Waals surface area contributed by atoms with Gasteiger partial charge in [-0.05, 0) is 24.0 Å². The number of nitrogens with one attached hydrogen (secondary N) is 2. The molecule has 0 spiro atoms. The summed E-state index contributed by atoms with van der Waals surface area (Å²) in [6.07, 6.45) is -2.38. The summed E-state index contributed by atoms with van der Waals surface area (Å²) in [6, 6.07) is 6.25. The molecule has 1 rings (SSSR count). The van der Waals surface area contributed by atoms with Crippen molar-refractivity contribution < 1.29 is 22.7 Å². The number of alkyl halides is 3. The van der Waals surface area contributed by atoms with E-state index in [-0.39, 0.29) is 42.2 Å². The van der Waals surface area contributed by atoms with Gasteiger partial charge in [0.15, 0.2) is 12.6 Å². The normalized spacial score (nSPS) is 11.4. The van der Waals surface area contributed by atoms with Crippen molar-refractivity contribution in [3.05, 3.63) is 29.8 Å². The molecule has 0 aromatic heterocycles. The lowest BCUT2D eigenvalue weighted by Gasteiger charge is -2.15. The third kappa shape index (κ3) is 12.2. The zero-order chi connectivity index (χ0) is 20.3. The second kappa shape index (κ2) is 13.7. The molecule has 0 atom stereocenters. The zero-order valence-corrected chi connectivity index (χ0v) is 19.2. The molecule has 11 heteroatoms. The van der Waals surface area contributed by atoms with Crippen molar-refractivity contribution in [2.24, 2.45) is 4.99 Å². The van der Waals surface area contributed by atoms with Gasteiger partial charge in [-0.15, -0.1) is 24.0 Å². The molecule has 0 unspecified atom stereocenters. The van der Waals surface area contributed by atoms with Gasteiger partial charge in [-0.25, -0.2) is 4.99 Å². The first-order valence-electron chi connectivity index (χ1n) is 8.21. The van der Waals surface area contributed by atoms with Crippen LogP contribution in [-0.4, -0.2) is 68.7 Å². The Hall–Kier alpha value is -1.37. The Bertz CT molecular complexity index is 613. The van der Waals surface area contributed by atoms with E-state index < -0.39 is 12.8 Å². The van der Waals surface area contributed by atoms with Crippen molar-refractivity contribution >= 4 is 47.6 Å². The maximum Gasteiger partial charge on any atom is 0.422 e. The summed E-state index contributed by atoms with van der Waals surface area (Å²) < 4.78 is 41.1. The number of thioether (sulfide) groups is 1. The fourth-order valence-electron chi connectivity index (χ4n) is 1.79. The SMILES string of the molecule is CSCCNC(=NCc1ccc(OCC(F)(F)F)cc1)NCC(=O)N(C)C.I. The van der Waals surface area contributed by atoms with Gasteiger partial charge in [0.25, 0.3) is 0 Å². The molecule has 160 valence electrons. The minimum absolute atomic E-state index is 0. The first-order chi connectivity index (χ1) is 12.7. The highest BCUT2D eigenvalue weighted by atomic mass is 127. The van der Waals surface area contributed by atoms with Gasteiger partial charge in [-0.3, -0.25) is 4.79 Å². The van der Waals surface area contributed by atoms with Gasteiger partial charge < -0.3 is 20.3 Å². The summed E-state index contributed by atoms with van der Waals surface area (Å²) in [4.78, 5) is 17.6. The smallest absolute Gasteiger partial charge is 0.422 e. The zero-order valence-electron chi connectivity index (χ0n) is 16.0. The topological polar surface area (TPSA) is 66.0 Å². The molecule has 0 saturated heterocycles. The Morgan fingerprint density at radius 1 is 1.21 bits per heavy atom. The van der Waals surface area contributed by atoms with Gasteiger partial charge in [0.2, 0.25) is 5.91 Å². The first-order valence-corrected chi connectivity index (χ1v) is 9.60. The molecule has 1 amide bonds. The predicted octanol–water partition coefficient (Wildman–Crippen LogP) is 2.73. The molecule has 2 N–H and O–H groups in total. The lowest BCUT2D eigenvalue weighted by Crippen LogP contribution is -2.43. The van der Waals surface area contributed by atoms with Gasteiger partial charge in [-0.1, -0.05) is 12.1 Å². The number of halogens is 4. The van der Waals surface area contributed by atoms with E-state index in [2.05, 4.69) is 20.4 Å². The Kier molecular flexibility index (Phi) is 13.1. The van der Waals surface area contributed by atoms with E-state index >= 15 is 0 Å². The van der Waals surface area contributed by atoms with E-state index in [4.69, 9.17) is 0 Å².